The number of likely N-dealkylation sites (N-methyl/N-ethyl adjacent to an activating group) is 1. The molecule has 2 atom stereocenters. The largest absolute Gasteiger partial charge is 0.379 e. The van der Waals surface area contributed by atoms with E-state index >= 15 is 0 Å². The van der Waals surface area contributed by atoms with Crippen molar-refractivity contribution in [2.75, 3.05) is 25.6 Å². The van der Waals surface area contributed by atoms with Crippen molar-refractivity contribution in [2.45, 2.75) is 25.5 Å². The van der Waals surface area contributed by atoms with Crippen LogP contribution in [0.2, 0.25) is 5.02 Å². The topological polar surface area (TPSA) is 73.6 Å². The SMILES string of the molecule is CO[C@@H]1CCN(C)[C@@H]1C(=O)N(C=O)c1ccc(C#N)c(Cl)c1C. The molecule has 1 fully saturated rings. The molecule has 0 N–H and O–H groups in total. The first-order valence-corrected chi connectivity index (χ1v) is 7.54. The van der Waals surface area contributed by atoms with Gasteiger partial charge in [0, 0.05) is 13.7 Å². The van der Waals surface area contributed by atoms with E-state index in [1.54, 1.807) is 20.1 Å². The Hall–Kier alpha value is -1.94. The summed E-state index contributed by atoms with van der Waals surface area (Å²) in [5.41, 5.74) is 1.20. The molecule has 1 saturated heterocycles. The van der Waals surface area contributed by atoms with Crippen LogP contribution in [0, 0.1) is 18.3 Å². The molecule has 0 saturated carbocycles. The molecule has 2 amide bonds. The highest BCUT2D eigenvalue weighted by molar-refractivity contribution is 6.33. The van der Waals surface area contributed by atoms with E-state index in [1.165, 1.54) is 6.07 Å². The molecule has 1 heterocycles. The van der Waals surface area contributed by atoms with Crippen molar-refractivity contribution in [1.29, 1.82) is 5.26 Å². The van der Waals surface area contributed by atoms with Gasteiger partial charge in [-0.1, -0.05) is 11.6 Å². The molecule has 0 spiro atoms. The Morgan fingerprint density at radius 3 is 2.83 bits per heavy atom. The van der Waals surface area contributed by atoms with E-state index in [9.17, 15) is 9.59 Å². The Morgan fingerprint density at radius 1 is 1.57 bits per heavy atom. The third kappa shape index (κ3) is 3.08. The first-order chi connectivity index (χ1) is 11.0. The Balaban J connectivity index is 2.41. The number of carbonyl (C=O) groups is 2. The van der Waals surface area contributed by atoms with Crippen LogP contribution in [0.3, 0.4) is 0 Å². The number of nitriles is 1. The highest BCUT2D eigenvalue weighted by atomic mass is 35.5. The third-order valence-corrected chi connectivity index (χ3v) is 4.72. The van der Waals surface area contributed by atoms with Gasteiger partial charge in [0.1, 0.15) is 12.1 Å². The summed E-state index contributed by atoms with van der Waals surface area (Å²) in [6.45, 7) is 2.39. The number of ether oxygens (including phenoxy) is 1. The molecule has 1 aromatic carbocycles. The van der Waals surface area contributed by atoms with Crippen LogP contribution in [0.15, 0.2) is 12.1 Å². The molecule has 0 aromatic heterocycles. The van der Waals surface area contributed by atoms with Crippen molar-refractivity contribution in [3.8, 4) is 6.07 Å². The molecule has 1 aliphatic heterocycles. The first-order valence-electron chi connectivity index (χ1n) is 7.16. The summed E-state index contributed by atoms with van der Waals surface area (Å²) >= 11 is 6.14. The maximum atomic E-state index is 12.8. The van der Waals surface area contributed by atoms with Gasteiger partial charge in [0.05, 0.1) is 22.4 Å². The van der Waals surface area contributed by atoms with Crippen LogP contribution in [-0.2, 0) is 14.3 Å². The summed E-state index contributed by atoms with van der Waals surface area (Å²) in [4.78, 5) is 27.3. The van der Waals surface area contributed by atoms with Gasteiger partial charge >= 0.3 is 0 Å². The Labute approximate surface area is 140 Å². The highest BCUT2D eigenvalue weighted by Gasteiger charge is 2.40. The van der Waals surface area contributed by atoms with Crippen LogP contribution in [0.1, 0.15) is 17.5 Å². The first kappa shape index (κ1) is 17.4. The fourth-order valence-electron chi connectivity index (χ4n) is 2.90. The molecule has 6 nitrogen and oxygen atoms in total. The van der Waals surface area contributed by atoms with E-state index < -0.39 is 6.04 Å². The number of benzene rings is 1. The number of hydrogen-bond donors (Lipinski definition) is 0. The summed E-state index contributed by atoms with van der Waals surface area (Å²) in [7, 11) is 3.38. The molecule has 0 unspecified atom stereocenters. The standard InChI is InChI=1S/C16H18ClN3O3/c1-10-12(5-4-11(8-18)14(10)17)20(9-21)16(22)15-13(23-3)6-7-19(15)2/h4-5,9,13,15H,6-7H2,1-3H3/t13-,15+/m1/s1. The van der Waals surface area contributed by atoms with E-state index in [-0.39, 0.29) is 17.0 Å². The number of likely N-dealkylation sites (tertiary alicyclic amines) is 1. The number of imide groups is 1. The van der Waals surface area contributed by atoms with E-state index in [0.29, 0.717) is 29.8 Å². The number of carbonyl (C=O) groups excluding carboxylic acids is 2. The molecule has 0 bridgehead atoms. The maximum Gasteiger partial charge on any atom is 0.253 e. The molecule has 122 valence electrons. The molecule has 1 aliphatic rings. The quantitative estimate of drug-likeness (QED) is 0.783. The van der Waals surface area contributed by atoms with Gasteiger partial charge in [0.2, 0.25) is 6.41 Å². The minimum absolute atomic E-state index is 0.243. The van der Waals surface area contributed by atoms with Crippen LogP contribution < -0.4 is 4.90 Å². The fourth-order valence-corrected chi connectivity index (χ4v) is 3.10. The molecular formula is C16H18ClN3O3. The second-order valence-corrected chi connectivity index (χ2v) is 5.86. The van der Waals surface area contributed by atoms with Gasteiger partial charge in [-0.2, -0.15) is 5.26 Å². The van der Waals surface area contributed by atoms with Crippen LogP contribution in [0.4, 0.5) is 5.69 Å². The molecule has 0 radical (unpaired) electrons. The van der Waals surface area contributed by atoms with Gasteiger partial charge in [-0.3, -0.25) is 19.4 Å². The Morgan fingerprint density at radius 2 is 2.26 bits per heavy atom. The summed E-state index contributed by atoms with van der Waals surface area (Å²) in [5.74, 6) is -0.365. The van der Waals surface area contributed by atoms with Crippen molar-refractivity contribution in [2.24, 2.45) is 0 Å². The number of methoxy groups -OCH3 is 1. The predicted molar refractivity (Wildman–Crippen MR) is 86.3 cm³/mol. The van der Waals surface area contributed by atoms with Crippen molar-refractivity contribution >= 4 is 29.6 Å². The van der Waals surface area contributed by atoms with Gasteiger partial charge in [-0.05, 0) is 38.1 Å². The number of amides is 2. The minimum atomic E-state index is -0.529. The lowest BCUT2D eigenvalue weighted by Gasteiger charge is -2.28. The van der Waals surface area contributed by atoms with Crippen molar-refractivity contribution in [3.05, 3.63) is 28.3 Å². The predicted octanol–water partition coefficient (Wildman–Crippen LogP) is 1.73. The smallest absolute Gasteiger partial charge is 0.253 e. The fraction of sp³-hybridized carbons (Fsp3) is 0.438. The van der Waals surface area contributed by atoms with E-state index in [0.717, 1.165) is 11.3 Å². The summed E-state index contributed by atoms with van der Waals surface area (Å²) < 4.78 is 5.36. The van der Waals surface area contributed by atoms with Crippen LogP contribution in [0.25, 0.3) is 0 Å². The van der Waals surface area contributed by atoms with Gasteiger partial charge in [0.25, 0.3) is 5.91 Å². The second-order valence-electron chi connectivity index (χ2n) is 5.48. The number of halogens is 1. The average Bonchev–Trinajstić information content (AvgIpc) is 2.92. The lowest BCUT2D eigenvalue weighted by Crippen LogP contribution is -2.49. The number of anilines is 1. The normalized spacial score (nSPS) is 21.0. The van der Waals surface area contributed by atoms with Crippen molar-refractivity contribution < 1.29 is 14.3 Å². The highest BCUT2D eigenvalue weighted by Crippen LogP contribution is 2.31. The lowest BCUT2D eigenvalue weighted by atomic mass is 10.1. The van der Waals surface area contributed by atoms with Crippen LogP contribution >= 0.6 is 11.6 Å². The van der Waals surface area contributed by atoms with E-state index in [1.807, 2.05) is 18.0 Å². The van der Waals surface area contributed by atoms with Crippen molar-refractivity contribution in [1.82, 2.24) is 4.90 Å². The van der Waals surface area contributed by atoms with Gasteiger partial charge in [-0.25, -0.2) is 0 Å². The van der Waals surface area contributed by atoms with Gasteiger partial charge in [0.15, 0.2) is 0 Å². The van der Waals surface area contributed by atoms with Crippen LogP contribution in [0.5, 0.6) is 0 Å². The van der Waals surface area contributed by atoms with Gasteiger partial charge in [-0.15, -0.1) is 0 Å². The Bertz CT molecular complexity index is 671. The Kier molecular flexibility index (Phi) is 5.37. The van der Waals surface area contributed by atoms with E-state index in [4.69, 9.17) is 21.6 Å². The summed E-state index contributed by atoms with van der Waals surface area (Å²) in [5, 5.41) is 9.25. The van der Waals surface area contributed by atoms with E-state index in [2.05, 4.69) is 0 Å². The van der Waals surface area contributed by atoms with Gasteiger partial charge < -0.3 is 4.74 Å². The summed E-state index contributed by atoms with van der Waals surface area (Å²) in [6, 6.07) is 4.51. The monoisotopic (exact) mass is 335 g/mol. The zero-order valence-electron chi connectivity index (χ0n) is 13.2. The van der Waals surface area contributed by atoms with Crippen LogP contribution in [-0.4, -0.2) is 50.1 Å². The molecule has 7 heteroatoms. The minimum Gasteiger partial charge on any atom is -0.379 e. The molecular weight excluding hydrogens is 318 g/mol. The lowest BCUT2D eigenvalue weighted by molar-refractivity contribution is -0.127. The second kappa shape index (κ2) is 7.09. The number of nitrogens with zero attached hydrogens (tertiary/aromatic N) is 3. The third-order valence-electron chi connectivity index (χ3n) is 4.23. The molecule has 2 rings (SSSR count). The molecule has 1 aromatic rings. The maximum absolute atomic E-state index is 12.8. The molecule has 23 heavy (non-hydrogen) atoms. The number of rotatable bonds is 4. The zero-order chi connectivity index (χ0) is 17.1. The molecule has 0 aliphatic carbocycles. The number of hydrogen-bond acceptors (Lipinski definition) is 5. The summed E-state index contributed by atoms with van der Waals surface area (Å²) in [6.07, 6.45) is 0.943. The average molecular weight is 336 g/mol. The zero-order valence-corrected chi connectivity index (χ0v) is 14.0. The van der Waals surface area contributed by atoms with Crippen molar-refractivity contribution in [3.63, 3.8) is 0 Å².